The van der Waals surface area contributed by atoms with Gasteiger partial charge in [0.15, 0.2) is 5.17 Å². The topological polar surface area (TPSA) is 73.2 Å². The number of benzene rings is 3. The zero-order valence-electron chi connectivity index (χ0n) is 17.6. The largest absolute Gasteiger partial charge is 0.478 e. The Hall–Kier alpha value is -3.49. The standard InChI is InChI=1S/C25H19N3O3S2/c1-27-19-12-5-6-13-20(19)32-23(27)21-22(29)28(15-16-8-3-2-4-9-16)25(33-21)26-18-11-7-10-17(14-18)24(30)31/h2-14H,15H2,1H3,(H,30,31). The molecule has 0 atom stereocenters. The minimum atomic E-state index is -1.02. The second-order valence-corrected chi connectivity index (χ2v) is 9.50. The number of nitrogens with zero attached hydrogens (tertiary/aromatic N) is 3. The highest BCUT2D eigenvalue weighted by Crippen LogP contribution is 2.50. The molecule has 3 aromatic rings. The van der Waals surface area contributed by atoms with Crippen molar-refractivity contribution < 1.29 is 14.7 Å². The molecule has 1 amide bonds. The van der Waals surface area contributed by atoms with E-state index in [1.807, 2.05) is 66.5 Å². The predicted molar refractivity (Wildman–Crippen MR) is 133 cm³/mol. The molecule has 0 spiro atoms. The molecule has 5 rings (SSSR count). The fraction of sp³-hybridized carbons (Fsp3) is 0.0800. The van der Waals surface area contributed by atoms with Gasteiger partial charge in [0.2, 0.25) is 0 Å². The summed E-state index contributed by atoms with van der Waals surface area (Å²) in [6.07, 6.45) is 0. The van der Waals surface area contributed by atoms with Crippen LogP contribution in [0.15, 0.2) is 98.7 Å². The van der Waals surface area contributed by atoms with Crippen molar-refractivity contribution >= 4 is 51.9 Å². The van der Waals surface area contributed by atoms with E-state index >= 15 is 0 Å². The first-order valence-electron chi connectivity index (χ1n) is 10.2. The first-order chi connectivity index (χ1) is 16.0. The Labute approximate surface area is 199 Å². The van der Waals surface area contributed by atoms with E-state index in [1.54, 1.807) is 28.8 Å². The molecule has 6 nitrogen and oxygen atoms in total. The fourth-order valence-electron chi connectivity index (χ4n) is 3.64. The minimum Gasteiger partial charge on any atom is -0.478 e. The number of thioether (sulfide) groups is 2. The van der Waals surface area contributed by atoms with E-state index < -0.39 is 5.97 Å². The number of carbonyl (C=O) groups is 2. The fourth-order valence-corrected chi connectivity index (χ4v) is 5.99. The van der Waals surface area contributed by atoms with Crippen molar-refractivity contribution in [2.45, 2.75) is 11.4 Å². The number of rotatable bonds is 4. The Morgan fingerprint density at radius 1 is 0.970 bits per heavy atom. The van der Waals surface area contributed by atoms with Gasteiger partial charge < -0.3 is 10.0 Å². The van der Waals surface area contributed by atoms with Gasteiger partial charge in [0.25, 0.3) is 5.91 Å². The van der Waals surface area contributed by atoms with E-state index in [0.717, 1.165) is 21.2 Å². The van der Waals surface area contributed by atoms with Gasteiger partial charge in [0.1, 0.15) is 4.91 Å². The molecule has 0 aliphatic carbocycles. The van der Waals surface area contributed by atoms with Crippen LogP contribution >= 0.6 is 23.5 Å². The van der Waals surface area contributed by atoms with E-state index in [-0.39, 0.29) is 11.5 Å². The number of carboxylic acids is 1. The van der Waals surface area contributed by atoms with E-state index in [0.29, 0.717) is 22.3 Å². The molecular formula is C25H19N3O3S2. The van der Waals surface area contributed by atoms with Crippen LogP contribution in [0.3, 0.4) is 0 Å². The lowest BCUT2D eigenvalue weighted by Gasteiger charge is -2.17. The predicted octanol–water partition coefficient (Wildman–Crippen LogP) is 5.56. The molecule has 0 radical (unpaired) electrons. The molecule has 1 saturated heterocycles. The summed E-state index contributed by atoms with van der Waals surface area (Å²) < 4.78 is 0. The van der Waals surface area contributed by atoms with Crippen molar-refractivity contribution in [1.82, 2.24) is 4.90 Å². The number of anilines is 1. The molecular weight excluding hydrogens is 454 g/mol. The Balaban J connectivity index is 1.56. The lowest BCUT2D eigenvalue weighted by atomic mass is 10.2. The highest BCUT2D eigenvalue weighted by molar-refractivity contribution is 8.19. The number of amides is 1. The van der Waals surface area contributed by atoms with Gasteiger partial charge in [-0.1, -0.05) is 60.3 Å². The summed E-state index contributed by atoms with van der Waals surface area (Å²) in [7, 11) is 1.96. The lowest BCUT2D eigenvalue weighted by Crippen LogP contribution is -2.29. The van der Waals surface area contributed by atoms with Gasteiger partial charge in [0.05, 0.1) is 28.5 Å². The molecule has 0 bridgehead atoms. The van der Waals surface area contributed by atoms with Crippen molar-refractivity contribution in [1.29, 1.82) is 0 Å². The Morgan fingerprint density at radius 3 is 2.48 bits per heavy atom. The van der Waals surface area contributed by atoms with Gasteiger partial charge in [-0.2, -0.15) is 0 Å². The molecule has 3 aromatic carbocycles. The summed E-state index contributed by atoms with van der Waals surface area (Å²) in [6, 6.07) is 24.2. The highest BCUT2D eigenvalue weighted by Gasteiger charge is 2.39. The molecule has 1 N–H and O–H groups in total. The third-order valence-corrected chi connectivity index (χ3v) is 7.73. The van der Waals surface area contributed by atoms with Gasteiger partial charge in [-0.15, -0.1) is 0 Å². The molecule has 33 heavy (non-hydrogen) atoms. The van der Waals surface area contributed by atoms with E-state index in [4.69, 9.17) is 0 Å². The molecule has 2 aliphatic rings. The molecule has 0 saturated carbocycles. The van der Waals surface area contributed by atoms with Crippen molar-refractivity contribution in [3.8, 4) is 0 Å². The number of carbonyl (C=O) groups excluding carboxylic acids is 1. The average Bonchev–Trinajstić information content (AvgIpc) is 3.31. The SMILES string of the molecule is CN1C(=C2SC(=Nc3cccc(C(=O)O)c3)N(Cc3ccccc3)C2=O)Sc2ccccc21. The van der Waals surface area contributed by atoms with Crippen LogP contribution in [-0.2, 0) is 11.3 Å². The molecule has 8 heteroatoms. The Kier molecular flexibility index (Phi) is 5.70. The van der Waals surface area contributed by atoms with Crippen LogP contribution in [0.1, 0.15) is 15.9 Å². The van der Waals surface area contributed by atoms with Gasteiger partial charge in [0, 0.05) is 11.9 Å². The first-order valence-corrected chi connectivity index (χ1v) is 11.8. The second-order valence-electron chi connectivity index (χ2n) is 7.49. The monoisotopic (exact) mass is 473 g/mol. The number of para-hydroxylation sites is 1. The van der Waals surface area contributed by atoms with Crippen molar-refractivity contribution in [3.05, 3.63) is 99.9 Å². The van der Waals surface area contributed by atoms with Crippen LogP contribution < -0.4 is 4.90 Å². The number of carboxylic acid groups (broad SMARTS) is 1. The van der Waals surface area contributed by atoms with Crippen LogP contribution in [0.25, 0.3) is 0 Å². The molecule has 0 unspecified atom stereocenters. The van der Waals surface area contributed by atoms with E-state index in [2.05, 4.69) is 4.99 Å². The summed E-state index contributed by atoms with van der Waals surface area (Å²) in [5, 5.41) is 10.7. The van der Waals surface area contributed by atoms with Crippen molar-refractivity contribution in [3.63, 3.8) is 0 Å². The molecule has 2 heterocycles. The van der Waals surface area contributed by atoms with E-state index in [1.165, 1.54) is 23.9 Å². The quantitative estimate of drug-likeness (QED) is 0.500. The average molecular weight is 474 g/mol. The highest BCUT2D eigenvalue weighted by atomic mass is 32.2. The van der Waals surface area contributed by atoms with Gasteiger partial charge >= 0.3 is 5.97 Å². The summed E-state index contributed by atoms with van der Waals surface area (Å²) in [5.74, 6) is -1.13. The van der Waals surface area contributed by atoms with Crippen molar-refractivity contribution in [2.24, 2.45) is 4.99 Å². The number of aromatic carboxylic acids is 1. The molecule has 1 fully saturated rings. The second kappa shape index (κ2) is 8.80. The molecule has 2 aliphatic heterocycles. The van der Waals surface area contributed by atoms with E-state index in [9.17, 15) is 14.7 Å². The van der Waals surface area contributed by atoms with Crippen LogP contribution in [0.5, 0.6) is 0 Å². The van der Waals surface area contributed by atoms with Gasteiger partial charge in [-0.05, 0) is 47.7 Å². The van der Waals surface area contributed by atoms with Crippen LogP contribution in [-0.4, -0.2) is 34.1 Å². The zero-order chi connectivity index (χ0) is 22.9. The first kappa shape index (κ1) is 21.4. The summed E-state index contributed by atoms with van der Waals surface area (Å²) in [4.78, 5) is 35.1. The zero-order valence-corrected chi connectivity index (χ0v) is 19.3. The third-order valence-electron chi connectivity index (χ3n) is 5.30. The maximum atomic E-state index is 13.6. The third kappa shape index (κ3) is 4.15. The smallest absolute Gasteiger partial charge is 0.335 e. The van der Waals surface area contributed by atoms with Gasteiger partial charge in [-0.3, -0.25) is 9.69 Å². The Morgan fingerprint density at radius 2 is 1.73 bits per heavy atom. The maximum absolute atomic E-state index is 13.6. The summed E-state index contributed by atoms with van der Waals surface area (Å²) >= 11 is 2.90. The number of hydrogen-bond donors (Lipinski definition) is 1. The minimum absolute atomic E-state index is 0.112. The van der Waals surface area contributed by atoms with Crippen LogP contribution in [0.4, 0.5) is 11.4 Å². The normalized spacial score (nSPS) is 18.8. The summed E-state index contributed by atoms with van der Waals surface area (Å²) in [5.41, 5.74) is 2.69. The number of fused-ring (bicyclic) bond motifs is 1. The Bertz CT molecular complexity index is 1320. The maximum Gasteiger partial charge on any atom is 0.335 e. The summed E-state index contributed by atoms with van der Waals surface area (Å²) in [6.45, 7) is 0.377. The molecule has 0 aromatic heterocycles. The van der Waals surface area contributed by atoms with Crippen molar-refractivity contribution in [2.75, 3.05) is 11.9 Å². The van der Waals surface area contributed by atoms with Gasteiger partial charge in [-0.25, -0.2) is 9.79 Å². The number of amidine groups is 1. The van der Waals surface area contributed by atoms with Crippen LogP contribution in [0, 0.1) is 0 Å². The number of hydrogen-bond acceptors (Lipinski definition) is 6. The number of aliphatic imine (C=N–C) groups is 1. The molecule has 164 valence electrons. The lowest BCUT2D eigenvalue weighted by molar-refractivity contribution is -0.122. The van der Waals surface area contributed by atoms with Crippen LogP contribution in [0.2, 0.25) is 0 Å².